The monoisotopic (exact) mass is 257 g/mol. The zero-order valence-electron chi connectivity index (χ0n) is 11.4. The Morgan fingerprint density at radius 3 is 2.95 bits per heavy atom. The Labute approximate surface area is 113 Å². The van der Waals surface area contributed by atoms with Gasteiger partial charge in [-0.2, -0.15) is 0 Å². The summed E-state index contributed by atoms with van der Waals surface area (Å²) in [5.74, 6) is 1.84. The standard InChI is InChI=1S/C16H19NO2/c1-17-9-3-6-14(17)15-13(7-9)12-8-10(19-2)4-5-11(12)16(15)18/h4-5,8-9,13-15H,3,6-7H2,1-2H3/t9-,13+,14+,15-/m0/s1. The average molecular weight is 257 g/mol. The molecule has 0 saturated carbocycles. The van der Waals surface area contributed by atoms with E-state index >= 15 is 0 Å². The van der Waals surface area contributed by atoms with Gasteiger partial charge in [0.15, 0.2) is 5.78 Å². The van der Waals surface area contributed by atoms with Gasteiger partial charge in [0, 0.05) is 23.6 Å². The maximum Gasteiger partial charge on any atom is 0.168 e. The molecule has 2 bridgehead atoms. The van der Waals surface area contributed by atoms with Crippen molar-refractivity contribution >= 4 is 5.78 Å². The number of hydrogen-bond acceptors (Lipinski definition) is 3. The maximum absolute atomic E-state index is 12.7. The lowest BCUT2D eigenvalue weighted by Gasteiger charge is -2.39. The van der Waals surface area contributed by atoms with Crippen molar-refractivity contribution in [3.63, 3.8) is 0 Å². The summed E-state index contributed by atoms with van der Waals surface area (Å²) in [6.07, 6.45) is 3.56. The van der Waals surface area contributed by atoms with E-state index in [-0.39, 0.29) is 5.92 Å². The number of fused-ring (bicyclic) bond motifs is 6. The van der Waals surface area contributed by atoms with Gasteiger partial charge in [-0.15, -0.1) is 0 Å². The largest absolute Gasteiger partial charge is 0.497 e. The number of ether oxygens (including phenoxy) is 1. The summed E-state index contributed by atoms with van der Waals surface area (Å²) in [6, 6.07) is 7.08. The lowest BCUT2D eigenvalue weighted by molar-refractivity contribution is 0.0697. The molecular formula is C16H19NO2. The van der Waals surface area contributed by atoms with Gasteiger partial charge in [0.05, 0.1) is 7.11 Å². The third kappa shape index (κ3) is 1.39. The number of benzene rings is 1. The van der Waals surface area contributed by atoms with Crippen LogP contribution >= 0.6 is 0 Å². The first-order valence-electron chi connectivity index (χ1n) is 7.15. The number of piperidine rings is 1. The second-order valence-electron chi connectivity index (χ2n) is 6.15. The quantitative estimate of drug-likeness (QED) is 0.774. The van der Waals surface area contributed by atoms with E-state index in [9.17, 15) is 4.79 Å². The van der Waals surface area contributed by atoms with Gasteiger partial charge < -0.3 is 4.74 Å². The molecule has 2 aliphatic heterocycles. The molecule has 19 heavy (non-hydrogen) atoms. The fourth-order valence-electron chi connectivity index (χ4n) is 4.52. The number of Topliss-reactive ketones (excluding diaryl/α,β-unsaturated/α-hetero) is 1. The highest BCUT2D eigenvalue weighted by atomic mass is 16.5. The predicted octanol–water partition coefficient (Wildman–Crippen LogP) is 2.46. The summed E-state index contributed by atoms with van der Waals surface area (Å²) in [4.78, 5) is 15.1. The molecule has 100 valence electrons. The minimum absolute atomic E-state index is 0.186. The number of rotatable bonds is 1. The fraction of sp³-hybridized carbons (Fsp3) is 0.562. The fourth-order valence-corrected chi connectivity index (χ4v) is 4.52. The Kier molecular flexibility index (Phi) is 2.31. The predicted molar refractivity (Wildman–Crippen MR) is 72.7 cm³/mol. The van der Waals surface area contributed by atoms with E-state index < -0.39 is 0 Å². The molecule has 2 saturated heterocycles. The van der Waals surface area contributed by atoms with Crippen LogP contribution in [0.25, 0.3) is 0 Å². The maximum atomic E-state index is 12.7. The van der Waals surface area contributed by atoms with Gasteiger partial charge >= 0.3 is 0 Å². The van der Waals surface area contributed by atoms with Gasteiger partial charge in [-0.1, -0.05) is 0 Å². The summed E-state index contributed by atoms with van der Waals surface area (Å²) in [5, 5.41) is 0. The topological polar surface area (TPSA) is 29.5 Å². The summed E-state index contributed by atoms with van der Waals surface area (Å²) < 4.78 is 5.32. The Balaban J connectivity index is 1.81. The third-order valence-corrected chi connectivity index (χ3v) is 5.50. The molecule has 1 aliphatic carbocycles. The van der Waals surface area contributed by atoms with Crippen LogP contribution in [0.1, 0.15) is 41.1 Å². The lowest BCUT2D eigenvalue weighted by atomic mass is 9.80. The molecule has 1 aromatic rings. The molecule has 1 aromatic carbocycles. The van der Waals surface area contributed by atoms with E-state index in [4.69, 9.17) is 4.74 Å². The second kappa shape index (κ2) is 3.83. The van der Waals surface area contributed by atoms with Crippen LogP contribution in [-0.4, -0.2) is 36.9 Å². The molecule has 0 aromatic heterocycles. The minimum atomic E-state index is 0.186. The molecule has 4 atom stereocenters. The number of methoxy groups -OCH3 is 1. The van der Waals surface area contributed by atoms with Crippen molar-refractivity contribution in [3.05, 3.63) is 29.3 Å². The SMILES string of the molecule is COc1ccc2c(c1)[C@H]1C[C@@H]3CC[C@H]([C@H]1C2=O)N3C. The zero-order chi connectivity index (χ0) is 13.1. The third-order valence-electron chi connectivity index (χ3n) is 5.50. The molecule has 0 unspecified atom stereocenters. The van der Waals surface area contributed by atoms with Gasteiger partial charge in [-0.25, -0.2) is 0 Å². The molecule has 2 heterocycles. The lowest BCUT2D eigenvalue weighted by Crippen LogP contribution is -2.46. The minimum Gasteiger partial charge on any atom is -0.497 e. The molecule has 3 heteroatoms. The molecule has 4 rings (SSSR count). The first-order chi connectivity index (χ1) is 9.20. The molecule has 0 radical (unpaired) electrons. The molecule has 0 spiro atoms. The van der Waals surface area contributed by atoms with Crippen LogP contribution in [0.5, 0.6) is 5.75 Å². The van der Waals surface area contributed by atoms with E-state index in [1.807, 2.05) is 12.1 Å². The van der Waals surface area contributed by atoms with Gasteiger partial charge in [0.25, 0.3) is 0 Å². The van der Waals surface area contributed by atoms with Crippen LogP contribution in [-0.2, 0) is 0 Å². The van der Waals surface area contributed by atoms with Crippen molar-refractivity contribution in [1.82, 2.24) is 4.90 Å². The molecule has 0 amide bonds. The van der Waals surface area contributed by atoms with Crippen molar-refractivity contribution in [3.8, 4) is 5.75 Å². The summed E-state index contributed by atoms with van der Waals surface area (Å²) >= 11 is 0. The molecule has 0 N–H and O–H groups in total. The van der Waals surface area contributed by atoms with Gasteiger partial charge in [0.2, 0.25) is 0 Å². The number of carbonyl (C=O) groups is 1. The van der Waals surface area contributed by atoms with Crippen LogP contribution in [0.3, 0.4) is 0 Å². The van der Waals surface area contributed by atoms with Crippen molar-refractivity contribution < 1.29 is 9.53 Å². The van der Waals surface area contributed by atoms with Crippen molar-refractivity contribution in [1.29, 1.82) is 0 Å². The normalized spacial score (nSPS) is 36.2. The van der Waals surface area contributed by atoms with E-state index in [0.717, 1.165) is 17.7 Å². The molecule has 3 aliphatic rings. The highest BCUT2D eigenvalue weighted by molar-refractivity contribution is 6.04. The highest BCUT2D eigenvalue weighted by Gasteiger charge is 2.53. The van der Waals surface area contributed by atoms with E-state index in [1.54, 1.807) is 7.11 Å². The van der Waals surface area contributed by atoms with Crippen LogP contribution in [0.4, 0.5) is 0 Å². The molecule has 2 fully saturated rings. The Bertz CT molecular complexity index is 554. The van der Waals surface area contributed by atoms with Crippen LogP contribution < -0.4 is 4.74 Å². The van der Waals surface area contributed by atoms with Crippen LogP contribution in [0.2, 0.25) is 0 Å². The summed E-state index contributed by atoms with van der Waals surface area (Å²) in [7, 11) is 3.88. The average Bonchev–Trinajstić information content (AvgIpc) is 2.83. The van der Waals surface area contributed by atoms with Gasteiger partial charge in [-0.3, -0.25) is 9.69 Å². The summed E-state index contributed by atoms with van der Waals surface area (Å²) in [6.45, 7) is 0. The Morgan fingerprint density at radius 2 is 2.16 bits per heavy atom. The Morgan fingerprint density at radius 1 is 1.32 bits per heavy atom. The first kappa shape index (κ1) is 11.5. The first-order valence-corrected chi connectivity index (χ1v) is 7.15. The molecular weight excluding hydrogens is 238 g/mol. The number of ketones is 1. The van der Waals surface area contributed by atoms with Gasteiger partial charge in [0.1, 0.15) is 5.75 Å². The van der Waals surface area contributed by atoms with E-state index in [0.29, 0.717) is 23.8 Å². The smallest absolute Gasteiger partial charge is 0.168 e. The van der Waals surface area contributed by atoms with E-state index in [2.05, 4.69) is 18.0 Å². The van der Waals surface area contributed by atoms with Crippen molar-refractivity contribution in [2.45, 2.75) is 37.3 Å². The van der Waals surface area contributed by atoms with Gasteiger partial charge in [-0.05, 0) is 56.0 Å². The molecule has 3 nitrogen and oxygen atoms in total. The van der Waals surface area contributed by atoms with Crippen molar-refractivity contribution in [2.75, 3.05) is 14.2 Å². The van der Waals surface area contributed by atoms with Crippen molar-refractivity contribution in [2.24, 2.45) is 5.92 Å². The Hall–Kier alpha value is -1.35. The highest BCUT2D eigenvalue weighted by Crippen LogP contribution is 2.52. The number of hydrogen-bond donors (Lipinski definition) is 0. The second-order valence-corrected chi connectivity index (χ2v) is 6.15. The summed E-state index contributed by atoms with van der Waals surface area (Å²) in [5.41, 5.74) is 2.18. The number of carbonyl (C=O) groups excluding carboxylic acids is 1. The van der Waals surface area contributed by atoms with Crippen LogP contribution in [0, 0.1) is 5.92 Å². The van der Waals surface area contributed by atoms with E-state index in [1.165, 1.54) is 18.4 Å². The van der Waals surface area contributed by atoms with Crippen LogP contribution in [0.15, 0.2) is 18.2 Å². The zero-order valence-corrected chi connectivity index (χ0v) is 11.4. The number of nitrogens with zero attached hydrogens (tertiary/aromatic N) is 1.